The van der Waals surface area contributed by atoms with E-state index in [4.69, 9.17) is 5.21 Å². The molecule has 0 amide bonds. The minimum absolute atomic E-state index is 0.248. The lowest BCUT2D eigenvalue weighted by Gasteiger charge is -2.11. The minimum Gasteiger partial charge on any atom is -0.595 e. The molecule has 2 aromatic rings. The Labute approximate surface area is 114 Å². The molecule has 2 unspecified atom stereocenters. The van der Waals surface area contributed by atoms with Gasteiger partial charge in [0, 0.05) is 34.4 Å². The first-order valence-corrected chi connectivity index (χ1v) is 7.35. The summed E-state index contributed by atoms with van der Waals surface area (Å²) in [6.07, 6.45) is 0. The van der Waals surface area contributed by atoms with Crippen molar-refractivity contribution in [1.29, 1.82) is 0 Å². The molecule has 0 bridgehead atoms. The Bertz CT molecular complexity index is 540. The quantitative estimate of drug-likeness (QED) is 0.815. The van der Waals surface area contributed by atoms with E-state index in [1.54, 1.807) is 12.1 Å². The molecule has 0 aliphatic carbocycles. The average molecular weight is 277 g/mol. The van der Waals surface area contributed by atoms with Gasteiger partial charge in [-0.25, -0.2) is 5.21 Å². The molecule has 0 aliphatic rings. The fourth-order valence-electron chi connectivity index (χ4n) is 1.74. The second kappa shape index (κ2) is 6.58. The number of hydrogen-bond acceptors (Lipinski definition) is 3. The van der Waals surface area contributed by atoms with Gasteiger partial charge in [-0.3, -0.25) is 4.21 Å². The SMILES string of the molecule is O=S(Cc1ccccc1)Cc1ccc([NH+]([O-])O)cc1. The van der Waals surface area contributed by atoms with Crippen LogP contribution in [0.2, 0.25) is 0 Å². The molecule has 2 atom stereocenters. The molecule has 0 radical (unpaired) electrons. The smallest absolute Gasteiger partial charge is 0.163 e. The molecule has 2 rings (SSSR count). The van der Waals surface area contributed by atoms with Gasteiger partial charge in [-0.15, -0.1) is 0 Å². The molecule has 4 nitrogen and oxygen atoms in total. The predicted octanol–water partition coefficient (Wildman–Crippen LogP) is 1.54. The summed E-state index contributed by atoms with van der Waals surface area (Å²) in [7, 11) is -0.987. The normalized spacial score (nSPS) is 14.0. The maximum Gasteiger partial charge on any atom is 0.163 e. The van der Waals surface area contributed by atoms with E-state index >= 15 is 0 Å². The van der Waals surface area contributed by atoms with Crippen molar-refractivity contribution >= 4 is 16.5 Å². The molecule has 0 fully saturated rings. The number of rotatable bonds is 5. The molecule has 100 valence electrons. The number of hydrogen-bond donors (Lipinski definition) is 2. The Morgan fingerprint density at radius 3 is 2.00 bits per heavy atom. The minimum atomic E-state index is -0.987. The van der Waals surface area contributed by atoms with Crippen molar-refractivity contribution in [2.24, 2.45) is 0 Å². The van der Waals surface area contributed by atoms with Crippen molar-refractivity contribution < 1.29 is 14.6 Å². The van der Waals surface area contributed by atoms with Gasteiger partial charge in [0.1, 0.15) is 0 Å². The Balaban J connectivity index is 1.95. The van der Waals surface area contributed by atoms with Crippen LogP contribution in [-0.2, 0) is 22.3 Å². The van der Waals surface area contributed by atoms with Crippen LogP contribution in [0.4, 0.5) is 5.69 Å². The molecule has 0 saturated carbocycles. The topological polar surface area (TPSA) is 64.8 Å². The summed E-state index contributed by atoms with van der Waals surface area (Å²) < 4.78 is 12.0. The molecular formula is C14H15NO3S. The molecule has 2 aromatic carbocycles. The Morgan fingerprint density at radius 2 is 1.47 bits per heavy atom. The Kier molecular flexibility index (Phi) is 4.81. The van der Waals surface area contributed by atoms with Crippen LogP contribution in [0, 0.1) is 5.21 Å². The van der Waals surface area contributed by atoms with Crippen molar-refractivity contribution in [3.8, 4) is 0 Å². The number of quaternary nitrogens is 1. The predicted molar refractivity (Wildman–Crippen MR) is 74.2 cm³/mol. The van der Waals surface area contributed by atoms with Gasteiger partial charge in [0.05, 0.1) is 0 Å². The maximum absolute atomic E-state index is 12.0. The molecule has 0 aliphatic heterocycles. The summed E-state index contributed by atoms with van der Waals surface area (Å²) in [5.41, 5.74) is 2.18. The molecule has 19 heavy (non-hydrogen) atoms. The highest BCUT2D eigenvalue weighted by atomic mass is 32.2. The monoisotopic (exact) mass is 277 g/mol. The van der Waals surface area contributed by atoms with Crippen LogP contribution in [-0.4, -0.2) is 9.42 Å². The zero-order valence-corrected chi connectivity index (χ0v) is 11.1. The van der Waals surface area contributed by atoms with Gasteiger partial charge in [0.15, 0.2) is 5.69 Å². The highest BCUT2D eigenvalue weighted by Gasteiger charge is 2.05. The molecular weight excluding hydrogens is 262 g/mol. The van der Waals surface area contributed by atoms with Gasteiger partial charge in [-0.1, -0.05) is 42.5 Å². The lowest BCUT2D eigenvalue weighted by molar-refractivity contribution is -0.991. The van der Waals surface area contributed by atoms with Crippen LogP contribution < -0.4 is 5.23 Å². The van der Waals surface area contributed by atoms with Crippen LogP contribution in [0.25, 0.3) is 0 Å². The van der Waals surface area contributed by atoms with Crippen molar-refractivity contribution in [3.05, 3.63) is 70.9 Å². The van der Waals surface area contributed by atoms with E-state index in [1.165, 1.54) is 12.1 Å². The zero-order valence-electron chi connectivity index (χ0n) is 10.3. The van der Waals surface area contributed by atoms with Gasteiger partial charge < -0.3 is 5.21 Å². The first kappa shape index (κ1) is 13.9. The fourth-order valence-corrected chi connectivity index (χ4v) is 2.97. The van der Waals surface area contributed by atoms with E-state index in [0.717, 1.165) is 11.1 Å². The van der Waals surface area contributed by atoms with Crippen LogP contribution in [0.1, 0.15) is 11.1 Å². The van der Waals surface area contributed by atoms with Crippen molar-refractivity contribution in [3.63, 3.8) is 0 Å². The lowest BCUT2D eigenvalue weighted by Crippen LogP contribution is -2.99. The van der Waals surface area contributed by atoms with Crippen LogP contribution in [0.3, 0.4) is 0 Å². The summed E-state index contributed by atoms with van der Waals surface area (Å²) in [6.45, 7) is 0. The largest absolute Gasteiger partial charge is 0.595 e. The van der Waals surface area contributed by atoms with Crippen LogP contribution in [0.15, 0.2) is 54.6 Å². The number of nitrogens with one attached hydrogen (secondary N) is 1. The average Bonchev–Trinajstić information content (AvgIpc) is 2.40. The standard InChI is InChI=1S/C14H15NO3S/c16-15(17)14-8-6-13(7-9-14)11-19(18)10-12-4-2-1-3-5-12/h1-9,15-16H,10-11H2. The van der Waals surface area contributed by atoms with E-state index in [1.807, 2.05) is 30.3 Å². The highest BCUT2D eigenvalue weighted by Crippen LogP contribution is 2.11. The zero-order chi connectivity index (χ0) is 13.7. The Morgan fingerprint density at radius 1 is 0.947 bits per heavy atom. The number of benzene rings is 2. The summed E-state index contributed by atoms with van der Waals surface area (Å²) in [5.74, 6) is 0.955. The molecule has 2 N–H and O–H groups in total. The van der Waals surface area contributed by atoms with Crippen molar-refractivity contribution in [2.45, 2.75) is 11.5 Å². The van der Waals surface area contributed by atoms with E-state index in [2.05, 4.69) is 0 Å². The van der Waals surface area contributed by atoms with Gasteiger partial charge in [-0.05, 0) is 11.1 Å². The second-order valence-corrected chi connectivity index (χ2v) is 5.67. The maximum atomic E-state index is 12.0. The van der Waals surface area contributed by atoms with Gasteiger partial charge >= 0.3 is 0 Å². The van der Waals surface area contributed by atoms with Gasteiger partial charge in [0.25, 0.3) is 0 Å². The first-order chi connectivity index (χ1) is 9.15. The van der Waals surface area contributed by atoms with Gasteiger partial charge in [0.2, 0.25) is 0 Å². The third-order valence-electron chi connectivity index (χ3n) is 2.70. The summed E-state index contributed by atoms with van der Waals surface area (Å²) in [4.78, 5) is 0. The Hall–Kier alpha value is -1.53. The third-order valence-corrected chi connectivity index (χ3v) is 4.01. The van der Waals surface area contributed by atoms with Crippen molar-refractivity contribution in [2.75, 3.05) is 0 Å². The van der Waals surface area contributed by atoms with E-state index < -0.39 is 16.0 Å². The van der Waals surface area contributed by atoms with Crippen LogP contribution >= 0.6 is 0 Å². The van der Waals surface area contributed by atoms with E-state index in [0.29, 0.717) is 11.5 Å². The molecule has 0 heterocycles. The van der Waals surface area contributed by atoms with Gasteiger partial charge in [-0.2, -0.15) is 5.23 Å². The summed E-state index contributed by atoms with van der Waals surface area (Å²) in [6, 6.07) is 16.2. The van der Waals surface area contributed by atoms with Crippen LogP contribution in [0.5, 0.6) is 0 Å². The summed E-state index contributed by atoms with van der Waals surface area (Å²) >= 11 is 0. The first-order valence-electron chi connectivity index (χ1n) is 5.86. The molecule has 0 aromatic heterocycles. The molecule has 0 saturated heterocycles. The lowest BCUT2D eigenvalue weighted by atomic mass is 10.2. The summed E-state index contributed by atoms with van der Waals surface area (Å²) in [5, 5.41) is 18.6. The second-order valence-electron chi connectivity index (χ2n) is 4.22. The van der Waals surface area contributed by atoms with E-state index in [-0.39, 0.29) is 5.69 Å². The fraction of sp³-hybridized carbons (Fsp3) is 0.143. The molecule has 5 heteroatoms. The van der Waals surface area contributed by atoms with Crippen molar-refractivity contribution in [1.82, 2.24) is 0 Å². The third kappa shape index (κ3) is 4.25. The molecule has 0 spiro atoms. The van der Waals surface area contributed by atoms with E-state index in [9.17, 15) is 9.42 Å². The highest BCUT2D eigenvalue weighted by molar-refractivity contribution is 7.83.